The molecule has 6 heteroatoms. The van der Waals surface area contributed by atoms with Gasteiger partial charge in [-0.25, -0.2) is 0 Å². The molecule has 0 aliphatic heterocycles. The number of halogens is 4. The van der Waals surface area contributed by atoms with Crippen LogP contribution >= 0.6 is 0 Å². The van der Waals surface area contributed by atoms with Gasteiger partial charge in [0.1, 0.15) is 0 Å². The summed E-state index contributed by atoms with van der Waals surface area (Å²) in [5.41, 5.74) is 0.130. The quantitative estimate of drug-likeness (QED) is 0.838. The van der Waals surface area contributed by atoms with E-state index < -0.39 is 29.1 Å². The highest BCUT2D eigenvalue weighted by Gasteiger charge is 2.46. The minimum absolute atomic E-state index is 0.0468. The molecule has 0 atom stereocenters. The summed E-state index contributed by atoms with van der Waals surface area (Å²) in [6, 6.07) is 1.49. The normalized spacial score (nSPS) is 20.9. The van der Waals surface area contributed by atoms with E-state index in [1.165, 1.54) is 6.07 Å². The van der Waals surface area contributed by atoms with Crippen molar-refractivity contribution in [2.24, 2.45) is 0 Å². The fourth-order valence-corrected chi connectivity index (χ4v) is 2.47. The molecule has 0 aromatic heterocycles. The second-order valence-corrected chi connectivity index (χ2v) is 5.89. The molecule has 110 valence electrons. The molecule has 2 saturated carbocycles. The van der Waals surface area contributed by atoms with Gasteiger partial charge in [0.05, 0.1) is 0 Å². The van der Waals surface area contributed by atoms with E-state index in [0.717, 1.165) is 12.8 Å². The Balaban J connectivity index is 2.13. The predicted octanol–water partition coefficient (Wildman–Crippen LogP) is 4.36. The van der Waals surface area contributed by atoms with Gasteiger partial charge in [-0.15, -0.1) is 13.2 Å². The van der Waals surface area contributed by atoms with E-state index in [1.54, 1.807) is 6.92 Å². The van der Waals surface area contributed by atoms with Crippen molar-refractivity contribution in [2.45, 2.75) is 50.3 Å². The van der Waals surface area contributed by atoms with Crippen LogP contribution in [0.3, 0.4) is 0 Å². The van der Waals surface area contributed by atoms with Crippen LogP contribution in [0.15, 0.2) is 6.07 Å². The first-order valence-corrected chi connectivity index (χ1v) is 6.53. The first kappa shape index (κ1) is 13.5. The lowest BCUT2D eigenvalue weighted by molar-refractivity contribution is -0.276. The number of phenolic OH excluding ortho intramolecular Hbond substituents is 1. The van der Waals surface area contributed by atoms with Crippen molar-refractivity contribution in [3.05, 3.63) is 23.0 Å². The molecule has 0 radical (unpaired) electrons. The molecule has 3 rings (SSSR count). The van der Waals surface area contributed by atoms with E-state index in [0.29, 0.717) is 18.4 Å². The highest BCUT2D eigenvalue weighted by atomic mass is 19.4. The van der Waals surface area contributed by atoms with E-state index >= 15 is 0 Å². The fraction of sp³-hybridized carbons (Fsp3) is 0.571. The molecule has 2 aliphatic rings. The van der Waals surface area contributed by atoms with Gasteiger partial charge in [0.2, 0.25) is 5.82 Å². The maximum Gasteiger partial charge on any atom is 0.573 e. The predicted molar refractivity (Wildman–Crippen MR) is 63.3 cm³/mol. The highest BCUT2D eigenvalue weighted by Crippen LogP contribution is 2.56. The van der Waals surface area contributed by atoms with E-state index in [9.17, 15) is 22.7 Å². The van der Waals surface area contributed by atoms with Gasteiger partial charge in [-0.05, 0) is 43.1 Å². The molecule has 2 aliphatic carbocycles. The molecule has 0 bridgehead atoms. The minimum atomic E-state index is -4.98. The van der Waals surface area contributed by atoms with Crippen molar-refractivity contribution in [3.8, 4) is 11.5 Å². The zero-order valence-corrected chi connectivity index (χ0v) is 10.9. The largest absolute Gasteiger partial charge is 0.573 e. The Kier molecular flexibility index (Phi) is 2.72. The second kappa shape index (κ2) is 4.02. The van der Waals surface area contributed by atoms with Crippen LogP contribution in [0.4, 0.5) is 17.6 Å². The molecule has 2 nitrogen and oxygen atoms in total. The van der Waals surface area contributed by atoms with Crippen LogP contribution in [-0.2, 0) is 5.41 Å². The Labute approximate surface area is 113 Å². The molecule has 0 saturated heterocycles. The van der Waals surface area contributed by atoms with Crippen LogP contribution in [0.2, 0.25) is 0 Å². The summed E-state index contributed by atoms with van der Waals surface area (Å²) in [6.45, 7) is 1.78. The molecular weight excluding hydrogens is 276 g/mol. The van der Waals surface area contributed by atoms with Gasteiger partial charge in [0, 0.05) is 11.1 Å². The Bertz CT molecular complexity index is 557. The van der Waals surface area contributed by atoms with E-state index in [4.69, 9.17) is 0 Å². The van der Waals surface area contributed by atoms with Crippen LogP contribution in [0.25, 0.3) is 0 Å². The highest BCUT2D eigenvalue weighted by molar-refractivity contribution is 5.54. The number of hydrogen-bond donors (Lipinski definition) is 1. The summed E-state index contributed by atoms with van der Waals surface area (Å²) in [4.78, 5) is 0. The third-order valence-corrected chi connectivity index (χ3v) is 4.11. The van der Waals surface area contributed by atoms with Crippen molar-refractivity contribution in [1.82, 2.24) is 0 Å². The van der Waals surface area contributed by atoms with Gasteiger partial charge in [0.15, 0.2) is 11.5 Å². The molecule has 1 N–H and O–H groups in total. The first-order valence-electron chi connectivity index (χ1n) is 6.53. The summed E-state index contributed by atoms with van der Waals surface area (Å²) in [6.07, 6.45) is -1.95. The van der Waals surface area contributed by atoms with Crippen LogP contribution in [0.1, 0.15) is 49.7 Å². The third kappa shape index (κ3) is 2.31. The number of phenols is 1. The summed E-state index contributed by atoms with van der Waals surface area (Å²) >= 11 is 0. The van der Waals surface area contributed by atoms with E-state index in [1.807, 2.05) is 0 Å². The van der Waals surface area contributed by atoms with Gasteiger partial charge in [0.25, 0.3) is 0 Å². The zero-order chi connectivity index (χ0) is 14.7. The molecule has 2 fully saturated rings. The molecule has 0 spiro atoms. The average molecular weight is 290 g/mol. The van der Waals surface area contributed by atoms with E-state index in [-0.39, 0.29) is 11.5 Å². The number of ether oxygens (including phenoxy) is 1. The Morgan fingerprint density at radius 1 is 1.30 bits per heavy atom. The second-order valence-electron chi connectivity index (χ2n) is 5.89. The van der Waals surface area contributed by atoms with Crippen LogP contribution in [-0.4, -0.2) is 11.5 Å². The van der Waals surface area contributed by atoms with Crippen molar-refractivity contribution in [2.75, 3.05) is 0 Å². The monoisotopic (exact) mass is 290 g/mol. The molecule has 1 aromatic rings. The van der Waals surface area contributed by atoms with Crippen molar-refractivity contribution >= 4 is 0 Å². The van der Waals surface area contributed by atoms with Gasteiger partial charge < -0.3 is 9.84 Å². The molecular formula is C14H14F4O2. The topological polar surface area (TPSA) is 29.5 Å². The van der Waals surface area contributed by atoms with E-state index in [2.05, 4.69) is 4.74 Å². The SMILES string of the molecule is CC1(c2cc(C3CC3)c(O)c(F)c2OC(F)(F)F)CC1. The molecule has 20 heavy (non-hydrogen) atoms. The summed E-state index contributed by atoms with van der Waals surface area (Å²) in [5, 5.41) is 9.77. The van der Waals surface area contributed by atoms with Gasteiger partial charge in [-0.1, -0.05) is 6.92 Å². The van der Waals surface area contributed by atoms with Crippen LogP contribution in [0, 0.1) is 5.82 Å². The number of alkyl halides is 3. The number of aromatic hydroxyl groups is 1. The van der Waals surface area contributed by atoms with Gasteiger partial charge in [-0.2, -0.15) is 4.39 Å². The van der Waals surface area contributed by atoms with Gasteiger partial charge >= 0.3 is 6.36 Å². The number of hydrogen-bond acceptors (Lipinski definition) is 2. The fourth-order valence-electron chi connectivity index (χ4n) is 2.47. The van der Waals surface area contributed by atoms with Crippen LogP contribution < -0.4 is 4.74 Å². The first-order chi connectivity index (χ1) is 9.21. The lowest BCUT2D eigenvalue weighted by atomic mass is 9.93. The number of rotatable bonds is 3. The summed E-state index contributed by atoms with van der Waals surface area (Å²) in [5.74, 6) is -2.83. The maximum atomic E-state index is 14.1. The summed E-state index contributed by atoms with van der Waals surface area (Å²) < 4.78 is 55.3. The maximum absolute atomic E-state index is 14.1. The average Bonchev–Trinajstić information content (AvgIpc) is 3.20. The van der Waals surface area contributed by atoms with Crippen molar-refractivity contribution < 1.29 is 27.4 Å². The Hall–Kier alpha value is -1.46. The van der Waals surface area contributed by atoms with Gasteiger partial charge in [-0.3, -0.25) is 0 Å². The zero-order valence-electron chi connectivity index (χ0n) is 10.9. The van der Waals surface area contributed by atoms with Crippen molar-refractivity contribution in [1.29, 1.82) is 0 Å². The Morgan fingerprint density at radius 3 is 2.35 bits per heavy atom. The molecule has 1 aromatic carbocycles. The standard InChI is InChI=1S/C14H14F4O2/c1-13(4-5-13)9-6-8(7-2-3-7)11(19)10(15)12(9)20-14(16,17)18/h6-7,19H,2-5H2,1H3. The molecule has 0 amide bonds. The smallest absolute Gasteiger partial charge is 0.505 e. The molecule has 0 unspecified atom stereocenters. The third-order valence-electron chi connectivity index (χ3n) is 4.11. The minimum Gasteiger partial charge on any atom is -0.505 e. The summed E-state index contributed by atoms with van der Waals surface area (Å²) in [7, 11) is 0. The van der Waals surface area contributed by atoms with Crippen molar-refractivity contribution in [3.63, 3.8) is 0 Å². The van der Waals surface area contributed by atoms with Crippen LogP contribution in [0.5, 0.6) is 11.5 Å². The molecule has 0 heterocycles. The lowest BCUT2D eigenvalue weighted by Crippen LogP contribution is -2.20. The lowest BCUT2D eigenvalue weighted by Gasteiger charge is -2.20. The number of benzene rings is 1. The Morgan fingerprint density at radius 2 is 1.90 bits per heavy atom.